The molecule has 4 heteroatoms. The Morgan fingerprint density at radius 3 is 2.94 bits per heavy atom. The fourth-order valence-corrected chi connectivity index (χ4v) is 2.13. The Morgan fingerprint density at radius 1 is 1.50 bits per heavy atom. The second-order valence-electron chi connectivity index (χ2n) is 4.47. The maximum Gasteiger partial charge on any atom is 0.165 e. The highest BCUT2D eigenvalue weighted by molar-refractivity contribution is 5.85. The van der Waals surface area contributed by atoms with Crippen LogP contribution in [0.4, 0.5) is 4.39 Å². The third-order valence-electron chi connectivity index (χ3n) is 3.13. The molecule has 1 aliphatic rings. The first-order chi connectivity index (χ1) is 8.70. The number of benzene rings is 1. The van der Waals surface area contributed by atoms with Crippen LogP contribution in [0.25, 0.3) is 0 Å². The molecule has 0 radical (unpaired) electrons. The molecule has 0 spiro atoms. The summed E-state index contributed by atoms with van der Waals surface area (Å²) in [5.41, 5.74) is 0.660. The lowest BCUT2D eigenvalue weighted by molar-refractivity contribution is -0.132. The summed E-state index contributed by atoms with van der Waals surface area (Å²) in [6, 6.07) is 4.60. The van der Waals surface area contributed by atoms with Gasteiger partial charge < -0.3 is 9.47 Å². The molecule has 98 valence electrons. The summed E-state index contributed by atoms with van der Waals surface area (Å²) in [4.78, 5) is 12.0. The number of carbonyl (C=O) groups is 1. The SMILES string of the molecule is COc1ccc(CC(=O)C2CCCCO2)cc1F. The van der Waals surface area contributed by atoms with E-state index >= 15 is 0 Å². The largest absolute Gasteiger partial charge is 0.494 e. The normalized spacial score (nSPS) is 19.6. The van der Waals surface area contributed by atoms with Gasteiger partial charge in [0, 0.05) is 13.0 Å². The van der Waals surface area contributed by atoms with E-state index in [4.69, 9.17) is 9.47 Å². The van der Waals surface area contributed by atoms with Crippen LogP contribution in [0.5, 0.6) is 5.75 Å². The van der Waals surface area contributed by atoms with Crippen LogP contribution in [0.2, 0.25) is 0 Å². The number of methoxy groups -OCH3 is 1. The third-order valence-corrected chi connectivity index (χ3v) is 3.13. The van der Waals surface area contributed by atoms with E-state index in [1.54, 1.807) is 12.1 Å². The van der Waals surface area contributed by atoms with Crippen LogP contribution in [0.15, 0.2) is 18.2 Å². The minimum absolute atomic E-state index is 0.0271. The molecule has 0 aromatic heterocycles. The summed E-state index contributed by atoms with van der Waals surface area (Å²) in [6.07, 6.45) is 2.71. The van der Waals surface area contributed by atoms with Crippen molar-refractivity contribution in [1.82, 2.24) is 0 Å². The van der Waals surface area contributed by atoms with Gasteiger partial charge in [-0.15, -0.1) is 0 Å². The van der Waals surface area contributed by atoms with Crippen LogP contribution in [0, 0.1) is 5.82 Å². The Hall–Kier alpha value is -1.42. The molecule has 1 unspecified atom stereocenters. The molecule has 0 saturated carbocycles. The maximum absolute atomic E-state index is 13.5. The third kappa shape index (κ3) is 3.07. The Labute approximate surface area is 106 Å². The molecule has 18 heavy (non-hydrogen) atoms. The van der Waals surface area contributed by atoms with Gasteiger partial charge in [-0.3, -0.25) is 4.79 Å². The average molecular weight is 252 g/mol. The first kappa shape index (κ1) is 13.0. The summed E-state index contributed by atoms with van der Waals surface area (Å²) < 4.78 is 23.7. The zero-order chi connectivity index (χ0) is 13.0. The molecule has 0 aliphatic carbocycles. The van der Waals surface area contributed by atoms with Crippen molar-refractivity contribution in [2.45, 2.75) is 31.8 Å². The van der Waals surface area contributed by atoms with Gasteiger partial charge in [0.1, 0.15) is 6.10 Å². The van der Waals surface area contributed by atoms with E-state index < -0.39 is 5.82 Å². The Kier molecular flexibility index (Phi) is 4.31. The molecule has 1 aromatic rings. The van der Waals surface area contributed by atoms with Gasteiger partial charge in [0.2, 0.25) is 0 Å². The second-order valence-corrected chi connectivity index (χ2v) is 4.47. The number of ketones is 1. The van der Waals surface area contributed by atoms with E-state index in [9.17, 15) is 9.18 Å². The van der Waals surface area contributed by atoms with E-state index in [1.807, 2.05) is 0 Å². The van der Waals surface area contributed by atoms with Crippen molar-refractivity contribution < 1.29 is 18.7 Å². The quantitative estimate of drug-likeness (QED) is 0.826. The minimum Gasteiger partial charge on any atom is -0.494 e. The Balaban J connectivity index is 2.00. The van der Waals surface area contributed by atoms with Gasteiger partial charge in [0.05, 0.1) is 7.11 Å². The van der Waals surface area contributed by atoms with E-state index in [1.165, 1.54) is 13.2 Å². The van der Waals surface area contributed by atoms with Crippen molar-refractivity contribution in [1.29, 1.82) is 0 Å². The molecule has 3 nitrogen and oxygen atoms in total. The van der Waals surface area contributed by atoms with Crippen LogP contribution >= 0.6 is 0 Å². The Morgan fingerprint density at radius 2 is 2.33 bits per heavy atom. The summed E-state index contributed by atoms with van der Waals surface area (Å²) in [5, 5.41) is 0. The van der Waals surface area contributed by atoms with Gasteiger partial charge in [-0.05, 0) is 37.0 Å². The first-order valence-electron chi connectivity index (χ1n) is 6.17. The smallest absolute Gasteiger partial charge is 0.165 e. The summed E-state index contributed by atoms with van der Waals surface area (Å²) in [7, 11) is 1.42. The molecule has 1 aromatic carbocycles. The van der Waals surface area contributed by atoms with Crippen LogP contribution in [-0.2, 0) is 16.0 Å². The fraction of sp³-hybridized carbons (Fsp3) is 0.500. The van der Waals surface area contributed by atoms with Gasteiger partial charge in [0.15, 0.2) is 17.3 Å². The molecule has 0 amide bonds. The minimum atomic E-state index is -0.438. The van der Waals surface area contributed by atoms with Gasteiger partial charge in [-0.25, -0.2) is 4.39 Å². The lowest BCUT2D eigenvalue weighted by atomic mass is 10.00. The maximum atomic E-state index is 13.5. The van der Waals surface area contributed by atoms with E-state index in [2.05, 4.69) is 0 Å². The molecule has 2 rings (SSSR count). The number of hydrogen-bond donors (Lipinski definition) is 0. The summed E-state index contributed by atoms with van der Waals surface area (Å²) in [5.74, 6) is -0.216. The van der Waals surface area contributed by atoms with Crippen LogP contribution in [0.3, 0.4) is 0 Å². The monoisotopic (exact) mass is 252 g/mol. The zero-order valence-corrected chi connectivity index (χ0v) is 10.4. The zero-order valence-electron chi connectivity index (χ0n) is 10.4. The summed E-state index contributed by atoms with van der Waals surface area (Å²) >= 11 is 0. The number of Topliss-reactive ketones (excluding diaryl/α,β-unsaturated/α-hetero) is 1. The molecule has 1 aliphatic heterocycles. The topological polar surface area (TPSA) is 35.5 Å². The lowest BCUT2D eigenvalue weighted by Gasteiger charge is -2.21. The number of hydrogen-bond acceptors (Lipinski definition) is 3. The predicted molar refractivity (Wildman–Crippen MR) is 65.3 cm³/mol. The molecule has 1 atom stereocenters. The van der Waals surface area contributed by atoms with Crippen molar-refractivity contribution in [2.75, 3.05) is 13.7 Å². The number of carbonyl (C=O) groups excluding carboxylic acids is 1. The fourth-order valence-electron chi connectivity index (χ4n) is 2.13. The highest BCUT2D eigenvalue weighted by atomic mass is 19.1. The van der Waals surface area contributed by atoms with E-state index in [0.29, 0.717) is 12.2 Å². The first-order valence-corrected chi connectivity index (χ1v) is 6.17. The second kappa shape index (κ2) is 5.96. The van der Waals surface area contributed by atoms with Gasteiger partial charge >= 0.3 is 0 Å². The van der Waals surface area contributed by atoms with E-state index in [0.717, 1.165) is 19.3 Å². The van der Waals surface area contributed by atoms with Crippen LogP contribution in [-0.4, -0.2) is 25.6 Å². The number of ether oxygens (including phenoxy) is 2. The van der Waals surface area contributed by atoms with Crippen LogP contribution in [0.1, 0.15) is 24.8 Å². The van der Waals surface area contributed by atoms with Crippen molar-refractivity contribution in [3.8, 4) is 5.75 Å². The molecular formula is C14H17FO3. The molecule has 1 saturated heterocycles. The van der Waals surface area contributed by atoms with Crippen molar-refractivity contribution in [2.24, 2.45) is 0 Å². The predicted octanol–water partition coefficient (Wildman–Crippen LogP) is 2.52. The lowest BCUT2D eigenvalue weighted by Crippen LogP contribution is -2.29. The van der Waals surface area contributed by atoms with Crippen molar-refractivity contribution >= 4 is 5.78 Å². The molecule has 1 heterocycles. The molecule has 0 N–H and O–H groups in total. The molecule has 0 bridgehead atoms. The van der Waals surface area contributed by atoms with E-state index in [-0.39, 0.29) is 24.1 Å². The highest BCUT2D eigenvalue weighted by Gasteiger charge is 2.22. The molecule has 1 fully saturated rings. The standard InChI is InChI=1S/C14H17FO3/c1-17-13-6-5-10(8-11(13)15)9-12(16)14-4-2-3-7-18-14/h5-6,8,14H,2-4,7,9H2,1H3. The van der Waals surface area contributed by atoms with Crippen molar-refractivity contribution in [3.63, 3.8) is 0 Å². The average Bonchev–Trinajstić information content (AvgIpc) is 2.40. The van der Waals surface area contributed by atoms with Gasteiger partial charge in [-0.1, -0.05) is 6.07 Å². The number of rotatable bonds is 4. The van der Waals surface area contributed by atoms with Gasteiger partial charge in [-0.2, -0.15) is 0 Å². The van der Waals surface area contributed by atoms with Crippen molar-refractivity contribution in [3.05, 3.63) is 29.6 Å². The van der Waals surface area contributed by atoms with Gasteiger partial charge in [0.25, 0.3) is 0 Å². The number of halogens is 1. The highest BCUT2D eigenvalue weighted by Crippen LogP contribution is 2.20. The van der Waals surface area contributed by atoms with Crippen LogP contribution < -0.4 is 4.74 Å². The summed E-state index contributed by atoms with van der Waals surface area (Å²) in [6.45, 7) is 0.646. The molecular weight excluding hydrogens is 235 g/mol. The Bertz CT molecular complexity index is 425.